The Morgan fingerprint density at radius 1 is 1.32 bits per heavy atom. The number of nitrogens with zero attached hydrogens (tertiary/aromatic N) is 2. The molecule has 0 aliphatic carbocycles. The lowest BCUT2D eigenvalue weighted by Gasteiger charge is -2.34. The van der Waals surface area contributed by atoms with Gasteiger partial charge in [-0.1, -0.05) is 29.8 Å². The van der Waals surface area contributed by atoms with Crippen molar-refractivity contribution in [2.24, 2.45) is 4.99 Å². The van der Waals surface area contributed by atoms with Crippen molar-refractivity contribution in [3.63, 3.8) is 0 Å². The molecule has 0 bridgehead atoms. The Labute approximate surface area is 114 Å². The highest BCUT2D eigenvalue weighted by Crippen LogP contribution is 2.24. The standard InChI is InChI=1S/C15H21N3O/c1-12-3-2-4-13(11-12)14(15-16-5-6-17-15)18-7-9-19-10-8-18/h2-4,11,14H,5-10H2,1H3,(H,16,17). The van der Waals surface area contributed by atoms with E-state index >= 15 is 0 Å². The van der Waals surface area contributed by atoms with Gasteiger partial charge < -0.3 is 10.1 Å². The Kier molecular flexibility index (Phi) is 3.80. The maximum atomic E-state index is 5.47. The Hall–Kier alpha value is -1.39. The van der Waals surface area contributed by atoms with E-state index in [1.807, 2.05) is 0 Å². The summed E-state index contributed by atoms with van der Waals surface area (Å²) in [7, 11) is 0. The highest BCUT2D eigenvalue weighted by molar-refractivity contribution is 5.89. The largest absolute Gasteiger partial charge is 0.379 e. The smallest absolute Gasteiger partial charge is 0.119 e. The van der Waals surface area contributed by atoms with E-state index in [1.165, 1.54) is 11.1 Å². The van der Waals surface area contributed by atoms with Gasteiger partial charge in [-0.2, -0.15) is 0 Å². The van der Waals surface area contributed by atoms with Crippen molar-refractivity contribution in [3.8, 4) is 0 Å². The third-order valence-electron chi connectivity index (χ3n) is 3.73. The average molecular weight is 259 g/mol. The van der Waals surface area contributed by atoms with Crippen molar-refractivity contribution < 1.29 is 4.74 Å². The average Bonchev–Trinajstić information content (AvgIpc) is 2.94. The lowest BCUT2D eigenvalue weighted by Crippen LogP contribution is -2.44. The number of hydrogen-bond acceptors (Lipinski definition) is 4. The highest BCUT2D eigenvalue weighted by Gasteiger charge is 2.28. The van der Waals surface area contributed by atoms with Crippen LogP contribution in [0.4, 0.5) is 0 Å². The molecule has 2 aliphatic rings. The molecular formula is C15H21N3O. The lowest BCUT2D eigenvalue weighted by molar-refractivity contribution is 0.0282. The molecule has 0 saturated carbocycles. The maximum absolute atomic E-state index is 5.47. The monoisotopic (exact) mass is 259 g/mol. The zero-order valence-electron chi connectivity index (χ0n) is 11.4. The number of nitrogens with one attached hydrogen (secondary N) is 1. The van der Waals surface area contributed by atoms with Gasteiger partial charge in [0.15, 0.2) is 0 Å². The minimum Gasteiger partial charge on any atom is -0.379 e. The molecule has 1 fully saturated rings. The van der Waals surface area contributed by atoms with Crippen LogP contribution in [0.15, 0.2) is 29.3 Å². The van der Waals surface area contributed by atoms with E-state index in [-0.39, 0.29) is 6.04 Å². The van der Waals surface area contributed by atoms with Gasteiger partial charge in [-0.25, -0.2) is 0 Å². The molecule has 4 heteroatoms. The molecule has 1 unspecified atom stereocenters. The molecule has 102 valence electrons. The molecule has 1 aromatic rings. The molecule has 0 spiro atoms. The van der Waals surface area contributed by atoms with Crippen LogP contribution in [0.1, 0.15) is 17.2 Å². The summed E-state index contributed by atoms with van der Waals surface area (Å²) in [5.74, 6) is 1.12. The SMILES string of the molecule is Cc1cccc(C(C2=NCCN2)N2CCOCC2)c1. The van der Waals surface area contributed by atoms with Crippen LogP contribution in [0, 0.1) is 6.92 Å². The fourth-order valence-electron chi connectivity index (χ4n) is 2.82. The van der Waals surface area contributed by atoms with Gasteiger partial charge in [0, 0.05) is 19.6 Å². The second-order valence-corrected chi connectivity index (χ2v) is 5.16. The predicted octanol–water partition coefficient (Wildman–Crippen LogP) is 1.37. The second-order valence-electron chi connectivity index (χ2n) is 5.16. The maximum Gasteiger partial charge on any atom is 0.119 e. The van der Waals surface area contributed by atoms with Crippen molar-refractivity contribution >= 4 is 5.84 Å². The summed E-state index contributed by atoms with van der Waals surface area (Å²) in [6.45, 7) is 7.57. The number of aryl methyl sites for hydroxylation is 1. The molecule has 2 aliphatic heterocycles. The lowest BCUT2D eigenvalue weighted by atomic mass is 10.0. The fourth-order valence-corrected chi connectivity index (χ4v) is 2.82. The molecule has 1 saturated heterocycles. The summed E-state index contributed by atoms with van der Waals surface area (Å²) in [5, 5.41) is 3.44. The van der Waals surface area contributed by atoms with Crippen LogP contribution in [0.25, 0.3) is 0 Å². The molecule has 2 heterocycles. The van der Waals surface area contributed by atoms with E-state index in [1.54, 1.807) is 0 Å². The first-order valence-corrected chi connectivity index (χ1v) is 7.01. The van der Waals surface area contributed by atoms with Crippen LogP contribution in [0.3, 0.4) is 0 Å². The Morgan fingerprint density at radius 2 is 2.16 bits per heavy atom. The van der Waals surface area contributed by atoms with Crippen LogP contribution in [0.5, 0.6) is 0 Å². The topological polar surface area (TPSA) is 36.9 Å². The van der Waals surface area contributed by atoms with E-state index in [9.17, 15) is 0 Å². The van der Waals surface area contributed by atoms with Crippen LogP contribution in [-0.4, -0.2) is 50.1 Å². The first-order valence-electron chi connectivity index (χ1n) is 7.01. The van der Waals surface area contributed by atoms with Gasteiger partial charge in [0.2, 0.25) is 0 Å². The number of hydrogen-bond donors (Lipinski definition) is 1. The van der Waals surface area contributed by atoms with Gasteiger partial charge in [0.1, 0.15) is 5.84 Å². The van der Waals surface area contributed by atoms with Crippen LogP contribution < -0.4 is 5.32 Å². The summed E-state index contributed by atoms with van der Waals surface area (Å²) >= 11 is 0. The van der Waals surface area contributed by atoms with E-state index in [0.29, 0.717) is 0 Å². The van der Waals surface area contributed by atoms with Gasteiger partial charge in [-0.15, -0.1) is 0 Å². The van der Waals surface area contributed by atoms with Crippen molar-refractivity contribution in [3.05, 3.63) is 35.4 Å². The Bertz CT molecular complexity index is 466. The fraction of sp³-hybridized carbons (Fsp3) is 0.533. The highest BCUT2D eigenvalue weighted by atomic mass is 16.5. The quantitative estimate of drug-likeness (QED) is 0.891. The molecule has 1 atom stereocenters. The molecule has 19 heavy (non-hydrogen) atoms. The van der Waals surface area contributed by atoms with Gasteiger partial charge in [-0.3, -0.25) is 9.89 Å². The van der Waals surface area contributed by atoms with Crippen molar-refractivity contribution in [2.45, 2.75) is 13.0 Å². The van der Waals surface area contributed by atoms with E-state index in [2.05, 4.69) is 46.4 Å². The number of ether oxygens (including phenoxy) is 1. The third-order valence-corrected chi connectivity index (χ3v) is 3.73. The van der Waals surface area contributed by atoms with Crippen molar-refractivity contribution in [1.82, 2.24) is 10.2 Å². The minimum atomic E-state index is 0.256. The summed E-state index contributed by atoms with van der Waals surface area (Å²) in [5.41, 5.74) is 2.63. The van der Waals surface area contributed by atoms with Gasteiger partial charge in [-0.05, 0) is 12.5 Å². The third kappa shape index (κ3) is 2.80. The molecule has 1 aromatic carbocycles. The summed E-state index contributed by atoms with van der Waals surface area (Å²) in [6, 6.07) is 9.00. The summed E-state index contributed by atoms with van der Waals surface area (Å²) in [6.07, 6.45) is 0. The predicted molar refractivity (Wildman–Crippen MR) is 76.6 cm³/mol. The van der Waals surface area contributed by atoms with Crippen molar-refractivity contribution in [2.75, 3.05) is 39.4 Å². The Balaban J connectivity index is 1.91. The van der Waals surface area contributed by atoms with Gasteiger partial charge in [0.25, 0.3) is 0 Å². The molecule has 3 rings (SSSR count). The van der Waals surface area contributed by atoms with E-state index in [4.69, 9.17) is 4.74 Å². The number of benzene rings is 1. The van der Waals surface area contributed by atoms with E-state index < -0.39 is 0 Å². The van der Waals surface area contributed by atoms with Crippen LogP contribution in [-0.2, 0) is 4.74 Å². The minimum absolute atomic E-state index is 0.256. The number of amidine groups is 1. The zero-order chi connectivity index (χ0) is 13.1. The van der Waals surface area contributed by atoms with Gasteiger partial charge in [0.05, 0.1) is 25.8 Å². The van der Waals surface area contributed by atoms with Crippen LogP contribution >= 0.6 is 0 Å². The molecular weight excluding hydrogens is 238 g/mol. The second kappa shape index (κ2) is 5.72. The van der Waals surface area contributed by atoms with Crippen molar-refractivity contribution in [1.29, 1.82) is 0 Å². The van der Waals surface area contributed by atoms with E-state index in [0.717, 1.165) is 45.2 Å². The van der Waals surface area contributed by atoms with Gasteiger partial charge >= 0.3 is 0 Å². The Morgan fingerprint density at radius 3 is 2.84 bits per heavy atom. The summed E-state index contributed by atoms with van der Waals surface area (Å²) < 4.78 is 5.47. The molecule has 0 amide bonds. The normalized spacial score (nSPS) is 21.8. The molecule has 0 aromatic heterocycles. The molecule has 0 radical (unpaired) electrons. The molecule has 4 nitrogen and oxygen atoms in total. The zero-order valence-corrected chi connectivity index (χ0v) is 11.4. The molecule has 1 N–H and O–H groups in total. The summed E-state index contributed by atoms with van der Waals surface area (Å²) in [4.78, 5) is 7.11. The first-order chi connectivity index (χ1) is 9.34. The first kappa shape index (κ1) is 12.6. The van der Waals surface area contributed by atoms with Crippen LogP contribution in [0.2, 0.25) is 0 Å². The number of morpholine rings is 1. The number of rotatable bonds is 3. The number of aliphatic imine (C=N–C) groups is 1.